The molecule has 2 amide bonds. The average molecular weight is 354 g/mol. The molecule has 2 aromatic rings. The van der Waals surface area contributed by atoms with Crippen LogP contribution in [-0.2, 0) is 9.59 Å². The van der Waals surface area contributed by atoms with Crippen LogP contribution < -0.4 is 10.2 Å². The molecule has 0 aliphatic carbocycles. The first kappa shape index (κ1) is 17.2. The van der Waals surface area contributed by atoms with Gasteiger partial charge in [-0.05, 0) is 43.3 Å². The number of hydrogen-bond donors (Lipinski definition) is 1. The topological polar surface area (TPSA) is 66.5 Å². The minimum absolute atomic E-state index is 0.0258. The summed E-state index contributed by atoms with van der Waals surface area (Å²) < 4.78 is 0. The number of Topliss-reactive ketones (excluding diaryl/α,β-unsaturated/α-hetero) is 1. The van der Waals surface area contributed by atoms with Gasteiger partial charge in [-0.1, -0.05) is 12.1 Å². The van der Waals surface area contributed by atoms with Gasteiger partial charge in [-0.25, -0.2) is 0 Å². The molecule has 0 bridgehead atoms. The zero-order valence-electron chi connectivity index (χ0n) is 13.8. The van der Waals surface area contributed by atoms with Crippen molar-refractivity contribution in [2.75, 3.05) is 22.5 Å². The molecule has 0 spiro atoms. The number of anilines is 2. The van der Waals surface area contributed by atoms with Crippen molar-refractivity contribution in [1.29, 1.82) is 0 Å². The van der Waals surface area contributed by atoms with Crippen LogP contribution >= 0.6 is 11.8 Å². The summed E-state index contributed by atoms with van der Waals surface area (Å²) in [6.07, 6.45) is 0.403. The van der Waals surface area contributed by atoms with E-state index in [0.29, 0.717) is 23.4 Å². The number of fused-ring (bicyclic) bond motifs is 1. The number of thioether (sulfide) groups is 1. The highest BCUT2D eigenvalue weighted by atomic mass is 32.2. The molecule has 1 N–H and O–H groups in total. The maximum Gasteiger partial charge on any atom is 0.244 e. The van der Waals surface area contributed by atoms with E-state index in [-0.39, 0.29) is 24.1 Å². The predicted molar refractivity (Wildman–Crippen MR) is 99.2 cm³/mol. The lowest BCUT2D eigenvalue weighted by atomic mass is 10.1. The van der Waals surface area contributed by atoms with Gasteiger partial charge in [0.25, 0.3) is 0 Å². The van der Waals surface area contributed by atoms with Crippen LogP contribution in [0.5, 0.6) is 0 Å². The van der Waals surface area contributed by atoms with Gasteiger partial charge in [-0.3, -0.25) is 14.4 Å². The molecule has 128 valence electrons. The smallest absolute Gasteiger partial charge is 0.244 e. The van der Waals surface area contributed by atoms with Crippen molar-refractivity contribution in [3.05, 3.63) is 54.1 Å². The van der Waals surface area contributed by atoms with Crippen LogP contribution in [0.1, 0.15) is 23.7 Å². The number of carbonyl (C=O) groups is 3. The Morgan fingerprint density at radius 1 is 1.12 bits per heavy atom. The predicted octanol–water partition coefficient (Wildman–Crippen LogP) is 3.36. The van der Waals surface area contributed by atoms with E-state index in [1.165, 1.54) is 11.8 Å². The van der Waals surface area contributed by atoms with Crippen molar-refractivity contribution in [1.82, 2.24) is 0 Å². The fraction of sp³-hybridized carbons (Fsp3) is 0.211. The average Bonchev–Trinajstić information content (AvgIpc) is 2.75. The highest BCUT2D eigenvalue weighted by molar-refractivity contribution is 7.99. The summed E-state index contributed by atoms with van der Waals surface area (Å²) >= 11 is 1.63. The summed E-state index contributed by atoms with van der Waals surface area (Å²) in [7, 11) is 0. The standard InChI is InChI=1S/C19H18N2O3S/c1-13(22)14-6-8-15(9-7-14)20-18(23)12-21-16-4-2-3-5-17(16)25-11-10-19(21)24/h2-9H,10-12H2,1H3,(H,20,23). The zero-order valence-corrected chi connectivity index (χ0v) is 14.6. The fourth-order valence-corrected chi connectivity index (χ4v) is 3.62. The normalized spacial score (nSPS) is 13.8. The molecule has 1 aliphatic heterocycles. The van der Waals surface area contributed by atoms with Gasteiger partial charge in [0.1, 0.15) is 6.54 Å². The number of para-hydroxylation sites is 1. The van der Waals surface area contributed by atoms with Gasteiger partial charge in [-0.2, -0.15) is 0 Å². The van der Waals surface area contributed by atoms with Crippen molar-refractivity contribution in [3.8, 4) is 0 Å². The van der Waals surface area contributed by atoms with Gasteiger partial charge in [0.05, 0.1) is 5.69 Å². The number of ketones is 1. The summed E-state index contributed by atoms with van der Waals surface area (Å²) in [4.78, 5) is 38.6. The number of carbonyl (C=O) groups excluding carboxylic acids is 3. The van der Waals surface area contributed by atoms with Crippen LogP contribution in [0, 0.1) is 0 Å². The first-order chi connectivity index (χ1) is 12.0. The summed E-state index contributed by atoms with van der Waals surface area (Å²) in [6, 6.07) is 14.3. The third kappa shape index (κ3) is 4.09. The number of nitrogens with one attached hydrogen (secondary N) is 1. The minimum Gasteiger partial charge on any atom is -0.325 e. The maximum absolute atomic E-state index is 12.4. The Balaban J connectivity index is 1.73. The van der Waals surface area contributed by atoms with E-state index in [1.54, 1.807) is 36.0 Å². The van der Waals surface area contributed by atoms with Crippen molar-refractivity contribution in [2.45, 2.75) is 18.2 Å². The highest BCUT2D eigenvalue weighted by Crippen LogP contribution is 2.33. The lowest BCUT2D eigenvalue weighted by Crippen LogP contribution is -2.37. The van der Waals surface area contributed by atoms with Crippen molar-refractivity contribution < 1.29 is 14.4 Å². The first-order valence-corrected chi connectivity index (χ1v) is 8.96. The number of nitrogens with zero attached hydrogens (tertiary/aromatic N) is 1. The lowest BCUT2D eigenvalue weighted by Gasteiger charge is -2.22. The Morgan fingerprint density at radius 3 is 2.56 bits per heavy atom. The van der Waals surface area contributed by atoms with Crippen LogP contribution in [0.3, 0.4) is 0 Å². The number of benzene rings is 2. The fourth-order valence-electron chi connectivity index (χ4n) is 2.63. The largest absolute Gasteiger partial charge is 0.325 e. The Hall–Kier alpha value is -2.60. The number of rotatable bonds is 4. The molecule has 0 saturated carbocycles. The van der Waals surface area contributed by atoms with Gasteiger partial charge in [0.15, 0.2) is 5.78 Å². The molecule has 1 heterocycles. The van der Waals surface area contributed by atoms with E-state index < -0.39 is 0 Å². The molecule has 25 heavy (non-hydrogen) atoms. The summed E-state index contributed by atoms with van der Waals surface area (Å²) in [5.41, 5.74) is 1.96. The number of amides is 2. The Labute approximate surface area is 150 Å². The summed E-state index contributed by atoms with van der Waals surface area (Å²) in [6.45, 7) is 1.46. The summed E-state index contributed by atoms with van der Waals surface area (Å²) in [5.74, 6) is 0.354. The molecular formula is C19H18N2O3S. The van der Waals surface area contributed by atoms with E-state index in [9.17, 15) is 14.4 Å². The van der Waals surface area contributed by atoms with E-state index in [0.717, 1.165) is 10.6 Å². The van der Waals surface area contributed by atoms with Gasteiger partial charge >= 0.3 is 0 Å². The van der Waals surface area contributed by atoms with Crippen molar-refractivity contribution in [3.63, 3.8) is 0 Å². The molecule has 0 radical (unpaired) electrons. The van der Waals surface area contributed by atoms with Crippen LogP contribution in [-0.4, -0.2) is 29.9 Å². The van der Waals surface area contributed by atoms with Crippen LogP contribution in [0.25, 0.3) is 0 Å². The Bertz CT molecular complexity index is 818. The van der Waals surface area contributed by atoms with Gasteiger partial charge < -0.3 is 10.2 Å². The summed E-state index contributed by atoms with van der Waals surface area (Å²) in [5, 5.41) is 2.78. The first-order valence-electron chi connectivity index (χ1n) is 7.97. The highest BCUT2D eigenvalue weighted by Gasteiger charge is 2.24. The molecule has 5 nitrogen and oxygen atoms in total. The molecule has 0 atom stereocenters. The van der Waals surface area contributed by atoms with Gasteiger partial charge in [-0.15, -0.1) is 11.8 Å². The van der Waals surface area contributed by atoms with Crippen molar-refractivity contribution >= 4 is 40.7 Å². The molecule has 6 heteroatoms. The van der Waals surface area contributed by atoms with Crippen LogP contribution in [0.4, 0.5) is 11.4 Å². The zero-order chi connectivity index (χ0) is 17.8. The lowest BCUT2D eigenvalue weighted by molar-refractivity contribution is -0.121. The monoisotopic (exact) mass is 354 g/mol. The second kappa shape index (κ2) is 7.53. The van der Waals surface area contributed by atoms with Crippen LogP contribution in [0.15, 0.2) is 53.4 Å². The molecule has 2 aromatic carbocycles. The van der Waals surface area contributed by atoms with Crippen molar-refractivity contribution in [2.24, 2.45) is 0 Å². The SMILES string of the molecule is CC(=O)c1ccc(NC(=O)CN2C(=O)CCSc3ccccc32)cc1. The Morgan fingerprint density at radius 2 is 1.84 bits per heavy atom. The molecule has 0 unspecified atom stereocenters. The quantitative estimate of drug-likeness (QED) is 0.855. The molecule has 0 aromatic heterocycles. The van der Waals surface area contributed by atoms with Crippen LogP contribution in [0.2, 0.25) is 0 Å². The molecule has 3 rings (SSSR count). The maximum atomic E-state index is 12.4. The third-order valence-electron chi connectivity index (χ3n) is 3.91. The van der Waals surface area contributed by atoms with Gasteiger partial charge in [0, 0.05) is 28.3 Å². The second-order valence-corrected chi connectivity index (χ2v) is 6.86. The van der Waals surface area contributed by atoms with E-state index in [4.69, 9.17) is 0 Å². The minimum atomic E-state index is -0.273. The van der Waals surface area contributed by atoms with E-state index in [1.807, 2.05) is 24.3 Å². The van der Waals surface area contributed by atoms with Gasteiger partial charge in [0.2, 0.25) is 11.8 Å². The van der Waals surface area contributed by atoms with E-state index >= 15 is 0 Å². The molecule has 0 saturated heterocycles. The number of hydrogen-bond acceptors (Lipinski definition) is 4. The molecular weight excluding hydrogens is 336 g/mol. The van der Waals surface area contributed by atoms with E-state index in [2.05, 4.69) is 5.32 Å². The molecule has 1 aliphatic rings. The third-order valence-corrected chi connectivity index (χ3v) is 4.97. The second-order valence-electron chi connectivity index (χ2n) is 5.73. The molecule has 0 fully saturated rings. The Kier molecular flexibility index (Phi) is 5.19.